The van der Waals surface area contributed by atoms with Crippen LogP contribution in [0.5, 0.6) is 5.88 Å². The third kappa shape index (κ3) is 2.96. The van der Waals surface area contributed by atoms with Crippen LogP contribution in [0.15, 0.2) is 24.3 Å². The van der Waals surface area contributed by atoms with Crippen LogP contribution in [-0.4, -0.2) is 22.2 Å². The van der Waals surface area contributed by atoms with Gasteiger partial charge in [-0.25, -0.2) is 4.68 Å². The van der Waals surface area contributed by atoms with Gasteiger partial charge < -0.3 is 4.74 Å². The van der Waals surface area contributed by atoms with Crippen LogP contribution >= 0.6 is 11.6 Å². The molecule has 0 saturated carbocycles. The van der Waals surface area contributed by atoms with Crippen LogP contribution in [0.3, 0.4) is 0 Å². The number of aromatic nitrogens is 2. The molecule has 0 aliphatic rings. The van der Waals surface area contributed by atoms with Crippen molar-refractivity contribution in [3.05, 3.63) is 46.1 Å². The van der Waals surface area contributed by atoms with Crippen LogP contribution in [-0.2, 0) is 7.05 Å². The van der Waals surface area contributed by atoms with Gasteiger partial charge in [-0.05, 0) is 38.1 Å². The second-order valence-corrected chi connectivity index (χ2v) is 4.79. The van der Waals surface area contributed by atoms with Crippen LogP contribution in [0.2, 0.25) is 5.02 Å². The van der Waals surface area contributed by atoms with Crippen molar-refractivity contribution in [1.29, 1.82) is 0 Å². The first-order valence-electron chi connectivity index (χ1n) is 5.91. The van der Waals surface area contributed by atoms with E-state index in [0.29, 0.717) is 16.5 Å². The molecule has 0 saturated heterocycles. The topological polar surface area (TPSA) is 44.1 Å². The van der Waals surface area contributed by atoms with E-state index in [-0.39, 0.29) is 12.4 Å². The molecule has 0 amide bonds. The van der Waals surface area contributed by atoms with E-state index in [1.54, 1.807) is 36.0 Å². The lowest BCUT2D eigenvalue weighted by Gasteiger charge is -2.07. The van der Waals surface area contributed by atoms with Crippen molar-refractivity contribution in [2.75, 3.05) is 6.61 Å². The molecule has 0 unspecified atom stereocenters. The summed E-state index contributed by atoms with van der Waals surface area (Å²) in [5.74, 6) is 0.537. The van der Waals surface area contributed by atoms with Gasteiger partial charge in [0.25, 0.3) is 0 Å². The summed E-state index contributed by atoms with van der Waals surface area (Å²) < 4.78 is 7.19. The SMILES string of the molecule is Cc1nn(C)c(OCC(=O)c2ccc(Cl)cc2)c1C. The minimum atomic E-state index is -0.0880. The van der Waals surface area contributed by atoms with Crippen molar-refractivity contribution in [3.8, 4) is 5.88 Å². The van der Waals surface area contributed by atoms with Gasteiger partial charge in [0.2, 0.25) is 5.88 Å². The van der Waals surface area contributed by atoms with E-state index in [1.807, 2.05) is 13.8 Å². The van der Waals surface area contributed by atoms with Crippen LogP contribution < -0.4 is 4.74 Å². The zero-order valence-electron chi connectivity index (χ0n) is 11.1. The van der Waals surface area contributed by atoms with E-state index in [0.717, 1.165) is 11.3 Å². The lowest BCUT2D eigenvalue weighted by Crippen LogP contribution is -2.13. The van der Waals surface area contributed by atoms with E-state index >= 15 is 0 Å². The third-order valence-corrected chi connectivity index (χ3v) is 3.22. The van der Waals surface area contributed by atoms with Crippen LogP contribution in [0.25, 0.3) is 0 Å². The first-order valence-corrected chi connectivity index (χ1v) is 6.28. The van der Waals surface area contributed by atoms with E-state index in [2.05, 4.69) is 5.10 Å². The molecule has 5 heteroatoms. The minimum Gasteiger partial charge on any atom is -0.469 e. The molecule has 0 radical (unpaired) electrons. The maximum absolute atomic E-state index is 12.0. The summed E-state index contributed by atoms with van der Waals surface area (Å²) in [6, 6.07) is 6.76. The lowest BCUT2D eigenvalue weighted by molar-refractivity contribution is 0.0914. The number of hydrogen-bond donors (Lipinski definition) is 0. The number of aryl methyl sites for hydroxylation is 2. The second-order valence-electron chi connectivity index (χ2n) is 4.36. The number of halogens is 1. The molecule has 0 bridgehead atoms. The van der Waals surface area contributed by atoms with Crippen molar-refractivity contribution in [3.63, 3.8) is 0 Å². The van der Waals surface area contributed by atoms with Crippen LogP contribution in [0, 0.1) is 13.8 Å². The molecule has 1 aromatic heterocycles. The standard InChI is InChI=1S/C14H15ClN2O2/c1-9-10(2)16-17(3)14(9)19-8-13(18)11-4-6-12(15)7-5-11/h4-7H,8H2,1-3H3. The van der Waals surface area contributed by atoms with Gasteiger partial charge in [0, 0.05) is 23.2 Å². The van der Waals surface area contributed by atoms with Gasteiger partial charge in [0.05, 0.1) is 5.69 Å². The Morgan fingerprint density at radius 1 is 1.32 bits per heavy atom. The largest absolute Gasteiger partial charge is 0.469 e. The minimum absolute atomic E-state index is 0.0125. The molecular weight excluding hydrogens is 264 g/mol. The first-order chi connectivity index (χ1) is 8.99. The van der Waals surface area contributed by atoms with Gasteiger partial charge in [-0.2, -0.15) is 5.10 Å². The summed E-state index contributed by atoms with van der Waals surface area (Å²) in [7, 11) is 1.79. The molecule has 2 rings (SSSR count). The zero-order valence-corrected chi connectivity index (χ0v) is 11.9. The Balaban J connectivity index is 2.06. The Morgan fingerprint density at radius 2 is 1.95 bits per heavy atom. The van der Waals surface area contributed by atoms with Gasteiger partial charge in [-0.15, -0.1) is 0 Å². The molecule has 1 heterocycles. The summed E-state index contributed by atoms with van der Waals surface area (Å²) in [5.41, 5.74) is 2.43. The molecule has 2 aromatic rings. The predicted molar refractivity (Wildman–Crippen MR) is 74.0 cm³/mol. The maximum atomic E-state index is 12.0. The van der Waals surface area contributed by atoms with Gasteiger partial charge in [0.1, 0.15) is 0 Å². The van der Waals surface area contributed by atoms with Crippen molar-refractivity contribution in [2.45, 2.75) is 13.8 Å². The zero-order chi connectivity index (χ0) is 14.0. The number of hydrogen-bond acceptors (Lipinski definition) is 3. The molecule has 0 aliphatic heterocycles. The van der Waals surface area contributed by atoms with Crippen molar-refractivity contribution >= 4 is 17.4 Å². The summed E-state index contributed by atoms with van der Waals surface area (Å²) in [4.78, 5) is 12.0. The molecule has 100 valence electrons. The lowest BCUT2D eigenvalue weighted by atomic mass is 10.1. The number of nitrogens with zero attached hydrogens (tertiary/aromatic N) is 2. The van der Waals surface area contributed by atoms with E-state index in [9.17, 15) is 4.79 Å². The first kappa shape index (κ1) is 13.6. The molecule has 0 fully saturated rings. The fourth-order valence-corrected chi connectivity index (χ4v) is 1.92. The Bertz CT molecular complexity index is 603. The number of ether oxygens (including phenoxy) is 1. The predicted octanol–water partition coefficient (Wildman–Crippen LogP) is 2.95. The highest BCUT2D eigenvalue weighted by atomic mass is 35.5. The van der Waals surface area contributed by atoms with Crippen LogP contribution in [0.1, 0.15) is 21.6 Å². The van der Waals surface area contributed by atoms with Gasteiger partial charge >= 0.3 is 0 Å². The van der Waals surface area contributed by atoms with Crippen molar-refractivity contribution in [2.24, 2.45) is 7.05 Å². The second kappa shape index (κ2) is 5.45. The van der Waals surface area contributed by atoms with Gasteiger partial charge in [-0.1, -0.05) is 11.6 Å². The number of carbonyl (C=O) groups excluding carboxylic acids is 1. The molecule has 4 nitrogen and oxygen atoms in total. The normalized spacial score (nSPS) is 10.5. The Labute approximate surface area is 116 Å². The van der Waals surface area contributed by atoms with Crippen LogP contribution in [0.4, 0.5) is 0 Å². The smallest absolute Gasteiger partial charge is 0.215 e. The highest BCUT2D eigenvalue weighted by Crippen LogP contribution is 2.20. The Kier molecular flexibility index (Phi) is 3.90. The monoisotopic (exact) mass is 278 g/mol. The number of benzene rings is 1. The number of Topliss-reactive ketones (excluding diaryl/α,β-unsaturated/α-hetero) is 1. The van der Waals surface area contributed by atoms with E-state index in [1.165, 1.54) is 0 Å². The fourth-order valence-electron chi connectivity index (χ4n) is 1.80. The molecule has 0 spiro atoms. The average Bonchev–Trinajstić information content (AvgIpc) is 2.62. The number of rotatable bonds is 4. The highest BCUT2D eigenvalue weighted by molar-refractivity contribution is 6.30. The molecule has 0 aliphatic carbocycles. The number of ketones is 1. The van der Waals surface area contributed by atoms with Crippen molar-refractivity contribution < 1.29 is 9.53 Å². The average molecular weight is 279 g/mol. The third-order valence-electron chi connectivity index (χ3n) is 2.96. The summed E-state index contributed by atoms with van der Waals surface area (Å²) in [5, 5.41) is 4.84. The molecule has 1 aromatic carbocycles. The molecule has 19 heavy (non-hydrogen) atoms. The van der Waals surface area contributed by atoms with Gasteiger partial charge in [-0.3, -0.25) is 4.79 Å². The number of carbonyl (C=O) groups is 1. The quantitative estimate of drug-likeness (QED) is 0.808. The van der Waals surface area contributed by atoms with Gasteiger partial charge in [0.15, 0.2) is 12.4 Å². The maximum Gasteiger partial charge on any atom is 0.215 e. The molecule has 0 atom stereocenters. The summed E-state index contributed by atoms with van der Waals surface area (Å²) in [6.07, 6.45) is 0. The highest BCUT2D eigenvalue weighted by Gasteiger charge is 2.13. The fraction of sp³-hybridized carbons (Fsp3) is 0.286. The Morgan fingerprint density at radius 3 is 2.47 bits per heavy atom. The van der Waals surface area contributed by atoms with E-state index in [4.69, 9.17) is 16.3 Å². The summed E-state index contributed by atoms with van der Waals surface area (Å²) in [6.45, 7) is 3.81. The Hall–Kier alpha value is -1.81. The molecule has 0 N–H and O–H groups in total. The summed E-state index contributed by atoms with van der Waals surface area (Å²) >= 11 is 5.78. The van der Waals surface area contributed by atoms with E-state index < -0.39 is 0 Å². The van der Waals surface area contributed by atoms with Crippen molar-refractivity contribution in [1.82, 2.24) is 9.78 Å². The molecular formula is C14H15ClN2O2.